The van der Waals surface area contributed by atoms with Gasteiger partial charge in [0.2, 0.25) is 5.91 Å². The van der Waals surface area contributed by atoms with Crippen LogP contribution in [0.15, 0.2) is 9.59 Å². The normalized spacial score (nSPS) is 14.8. The molecule has 0 saturated carbocycles. The van der Waals surface area contributed by atoms with Crippen LogP contribution in [-0.2, 0) is 29.2 Å². The van der Waals surface area contributed by atoms with E-state index in [1.54, 1.807) is 23.5 Å². The van der Waals surface area contributed by atoms with Crippen molar-refractivity contribution in [1.29, 1.82) is 0 Å². The summed E-state index contributed by atoms with van der Waals surface area (Å²) in [6, 6.07) is 0. The SMILES string of the molecule is CCn1c(=O)c2c(C)c(CN3CNCC3=O)sc2n(CCOC)c1=O. The van der Waals surface area contributed by atoms with E-state index >= 15 is 0 Å². The molecule has 1 aliphatic rings. The first-order valence-corrected chi connectivity index (χ1v) is 9.04. The summed E-state index contributed by atoms with van der Waals surface area (Å²) in [7, 11) is 1.58. The molecule has 3 rings (SSSR count). The van der Waals surface area contributed by atoms with Crippen LogP contribution in [0.25, 0.3) is 10.2 Å². The summed E-state index contributed by atoms with van der Waals surface area (Å²) in [5.41, 5.74) is 0.267. The Kier molecular flexibility index (Phi) is 5.07. The molecule has 3 heterocycles. The molecule has 2 aromatic heterocycles. The number of amides is 1. The van der Waals surface area contributed by atoms with Crippen molar-refractivity contribution in [2.75, 3.05) is 26.9 Å². The first-order chi connectivity index (χ1) is 12.0. The van der Waals surface area contributed by atoms with Crippen molar-refractivity contribution in [2.24, 2.45) is 0 Å². The summed E-state index contributed by atoms with van der Waals surface area (Å²) < 4.78 is 7.97. The maximum Gasteiger partial charge on any atom is 0.332 e. The highest BCUT2D eigenvalue weighted by molar-refractivity contribution is 7.18. The zero-order valence-corrected chi connectivity index (χ0v) is 15.4. The molecule has 1 saturated heterocycles. The Morgan fingerprint density at radius 1 is 1.24 bits per heavy atom. The van der Waals surface area contributed by atoms with Gasteiger partial charge in [-0.05, 0) is 19.4 Å². The fraction of sp³-hybridized carbons (Fsp3) is 0.562. The number of hydrogen-bond donors (Lipinski definition) is 1. The highest BCUT2D eigenvalue weighted by atomic mass is 32.1. The number of aryl methyl sites for hydroxylation is 1. The van der Waals surface area contributed by atoms with Gasteiger partial charge in [0, 0.05) is 18.5 Å². The molecule has 9 heteroatoms. The second-order valence-corrected chi connectivity index (χ2v) is 7.07. The van der Waals surface area contributed by atoms with Gasteiger partial charge in [0.05, 0.1) is 38.3 Å². The van der Waals surface area contributed by atoms with E-state index in [2.05, 4.69) is 5.32 Å². The minimum absolute atomic E-state index is 0.0413. The molecular formula is C16H22N4O4S. The molecule has 0 unspecified atom stereocenters. The smallest absolute Gasteiger partial charge is 0.332 e. The summed E-state index contributed by atoms with van der Waals surface area (Å²) in [5, 5.41) is 3.58. The minimum atomic E-state index is -0.316. The number of aromatic nitrogens is 2. The lowest BCUT2D eigenvalue weighted by Gasteiger charge is -2.13. The largest absolute Gasteiger partial charge is 0.383 e. The van der Waals surface area contributed by atoms with Gasteiger partial charge in [0.15, 0.2) is 0 Å². The molecule has 8 nitrogen and oxygen atoms in total. The van der Waals surface area contributed by atoms with Crippen molar-refractivity contribution in [3.63, 3.8) is 0 Å². The van der Waals surface area contributed by atoms with Gasteiger partial charge in [0.1, 0.15) is 4.83 Å². The molecule has 1 amide bonds. The number of methoxy groups -OCH3 is 1. The second kappa shape index (κ2) is 7.11. The summed E-state index contributed by atoms with van der Waals surface area (Å²) in [6.45, 7) is 6.04. The van der Waals surface area contributed by atoms with E-state index in [9.17, 15) is 14.4 Å². The van der Waals surface area contributed by atoms with Crippen molar-refractivity contribution < 1.29 is 9.53 Å². The predicted molar refractivity (Wildman–Crippen MR) is 96.1 cm³/mol. The number of carbonyl (C=O) groups is 1. The van der Waals surface area contributed by atoms with E-state index in [1.807, 2.05) is 6.92 Å². The summed E-state index contributed by atoms with van der Waals surface area (Å²) in [4.78, 5) is 40.6. The van der Waals surface area contributed by atoms with Crippen LogP contribution in [0, 0.1) is 6.92 Å². The molecule has 0 aromatic carbocycles. The van der Waals surface area contributed by atoms with Gasteiger partial charge in [-0.25, -0.2) is 4.79 Å². The monoisotopic (exact) mass is 366 g/mol. The maximum atomic E-state index is 12.8. The van der Waals surface area contributed by atoms with Crippen LogP contribution in [0.5, 0.6) is 0 Å². The van der Waals surface area contributed by atoms with Crippen molar-refractivity contribution >= 4 is 27.5 Å². The number of nitrogens with zero attached hydrogens (tertiary/aromatic N) is 3. The van der Waals surface area contributed by atoms with Crippen LogP contribution in [0.3, 0.4) is 0 Å². The average molecular weight is 366 g/mol. The molecule has 1 aliphatic heterocycles. The lowest BCUT2D eigenvalue weighted by molar-refractivity contribution is -0.127. The maximum absolute atomic E-state index is 12.8. The van der Waals surface area contributed by atoms with Crippen molar-refractivity contribution in [2.45, 2.75) is 33.5 Å². The molecule has 0 radical (unpaired) electrons. The Morgan fingerprint density at radius 2 is 2.00 bits per heavy atom. The summed E-state index contributed by atoms with van der Waals surface area (Å²) in [5.74, 6) is 0.0413. The highest BCUT2D eigenvalue weighted by Gasteiger charge is 2.24. The first kappa shape index (κ1) is 17.8. The lowest BCUT2D eigenvalue weighted by atomic mass is 10.2. The Bertz CT molecular complexity index is 927. The summed E-state index contributed by atoms with van der Waals surface area (Å²) >= 11 is 1.41. The molecular weight excluding hydrogens is 344 g/mol. The van der Waals surface area contributed by atoms with Gasteiger partial charge >= 0.3 is 5.69 Å². The number of nitrogens with one attached hydrogen (secondary N) is 1. The van der Waals surface area contributed by atoms with Crippen LogP contribution >= 0.6 is 11.3 Å². The first-order valence-electron chi connectivity index (χ1n) is 8.22. The third-order valence-corrected chi connectivity index (χ3v) is 5.79. The topological polar surface area (TPSA) is 85.6 Å². The fourth-order valence-corrected chi connectivity index (χ4v) is 4.40. The quantitative estimate of drug-likeness (QED) is 0.783. The van der Waals surface area contributed by atoms with E-state index < -0.39 is 0 Å². The molecule has 1 fully saturated rings. The van der Waals surface area contributed by atoms with Gasteiger partial charge in [-0.15, -0.1) is 11.3 Å². The van der Waals surface area contributed by atoms with Gasteiger partial charge < -0.3 is 9.64 Å². The van der Waals surface area contributed by atoms with E-state index in [0.717, 1.165) is 10.4 Å². The Labute approximate surface area is 148 Å². The van der Waals surface area contributed by atoms with E-state index in [-0.39, 0.29) is 17.2 Å². The number of thiophene rings is 1. The van der Waals surface area contributed by atoms with Crippen LogP contribution < -0.4 is 16.6 Å². The third kappa shape index (κ3) is 3.03. The second-order valence-electron chi connectivity index (χ2n) is 5.98. The van der Waals surface area contributed by atoms with Crippen LogP contribution in [0.4, 0.5) is 0 Å². The molecule has 0 atom stereocenters. The zero-order valence-electron chi connectivity index (χ0n) is 14.6. The Morgan fingerprint density at radius 3 is 2.60 bits per heavy atom. The van der Waals surface area contributed by atoms with Crippen molar-refractivity contribution in [3.8, 4) is 0 Å². The van der Waals surface area contributed by atoms with E-state index in [0.29, 0.717) is 49.7 Å². The number of carbonyl (C=O) groups excluding carboxylic acids is 1. The number of hydrogen-bond acceptors (Lipinski definition) is 6. The van der Waals surface area contributed by atoms with Crippen molar-refractivity contribution in [3.05, 3.63) is 31.3 Å². The summed E-state index contributed by atoms with van der Waals surface area (Å²) in [6.07, 6.45) is 0. The van der Waals surface area contributed by atoms with Gasteiger partial charge in [0.25, 0.3) is 5.56 Å². The molecule has 0 bridgehead atoms. The Balaban J connectivity index is 2.17. The van der Waals surface area contributed by atoms with Gasteiger partial charge in [-0.1, -0.05) is 0 Å². The van der Waals surface area contributed by atoms with Crippen molar-refractivity contribution in [1.82, 2.24) is 19.4 Å². The third-order valence-electron chi connectivity index (χ3n) is 4.49. The van der Waals surface area contributed by atoms with E-state index in [1.165, 1.54) is 15.9 Å². The molecule has 0 spiro atoms. The molecule has 136 valence electrons. The van der Waals surface area contributed by atoms with Gasteiger partial charge in [-0.3, -0.25) is 24.0 Å². The number of ether oxygens (including phenoxy) is 1. The Hall–Kier alpha value is -1.97. The fourth-order valence-electron chi connectivity index (χ4n) is 3.07. The molecule has 0 aliphatic carbocycles. The lowest BCUT2D eigenvalue weighted by Crippen LogP contribution is -2.39. The van der Waals surface area contributed by atoms with Crippen LogP contribution in [-0.4, -0.2) is 46.9 Å². The van der Waals surface area contributed by atoms with Gasteiger partial charge in [-0.2, -0.15) is 0 Å². The molecule has 1 N–H and O–H groups in total. The van der Waals surface area contributed by atoms with Crippen LogP contribution in [0.1, 0.15) is 17.4 Å². The van der Waals surface area contributed by atoms with E-state index in [4.69, 9.17) is 4.74 Å². The standard InChI is InChI=1S/C16H22N4O4S/c1-4-19-14(22)13-10(2)11(8-18-9-17-7-12(18)21)25-15(13)20(16(19)23)5-6-24-3/h17H,4-9H2,1-3H3. The molecule has 2 aromatic rings. The highest BCUT2D eigenvalue weighted by Crippen LogP contribution is 2.29. The zero-order chi connectivity index (χ0) is 18.1. The predicted octanol–water partition coefficient (Wildman–Crippen LogP) is 0.0887. The minimum Gasteiger partial charge on any atom is -0.383 e. The number of fused-ring (bicyclic) bond motifs is 1. The number of rotatable bonds is 6. The average Bonchev–Trinajstić information content (AvgIpc) is 3.12. The van der Waals surface area contributed by atoms with Crippen LogP contribution in [0.2, 0.25) is 0 Å². The molecule has 25 heavy (non-hydrogen) atoms.